The summed E-state index contributed by atoms with van der Waals surface area (Å²) in [5.41, 5.74) is 0.150. The molecule has 0 aliphatic carbocycles. The van der Waals surface area contributed by atoms with Crippen LogP contribution in [-0.2, 0) is 4.79 Å². The van der Waals surface area contributed by atoms with Crippen molar-refractivity contribution in [1.29, 1.82) is 0 Å². The largest absolute Gasteiger partial charge is 0.459 e. The molecular weight excluding hydrogens is 258 g/mol. The van der Waals surface area contributed by atoms with Crippen LogP contribution in [0.15, 0.2) is 22.8 Å². The molecule has 2 heterocycles. The number of likely N-dealkylation sites (tertiary alicyclic amines) is 1. The van der Waals surface area contributed by atoms with E-state index in [4.69, 9.17) is 4.42 Å². The van der Waals surface area contributed by atoms with E-state index >= 15 is 0 Å². The Balaban J connectivity index is 1.77. The third-order valence-corrected chi connectivity index (χ3v) is 3.93. The first-order chi connectivity index (χ1) is 9.52. The standard InChI is InChI=1S/C14H21N3O3/c1-14(15-2)5-7-17(8-6-14)10-12(18)16-13(19)11-4-3-9-20-11/h3-4,9,15H,5-8,10H2,1-2H3,(H,16,18,19). The van der Waals surface area contributed by atoms with Crippen LogP contribution >= 0.6 is 0 Å². The zero-order chi connectivity index (χ0) is 14.6. The summed E-state index contributed by atoms with van der Waals surface area (Å²) in [6, 6.07) is 3.14. The molecule has 6 nitrogen and oxygen atoms in total. The number of hydrogen-bond donors (Lipinski definition) is 2. The van der Waals surface area contributed by atoms with Gasteiger partial charge in [0, 0.05) is 18.6 Å². The maximum absolute atomic E-state index is 11.8. The monoisotopic (exact) mass is 279 g/mol. The van der Waals surface area contributed by atoms with Crippen molar-refractivity contribution in [1.82, 2.24) is 15.5 Å². The summed E-state index contributed by atoms with van der Waals surface area (Å²) < 4.78 is 4.94. The Kier molecular flexibility index (Phi) is 4.57. The minimum Gasteiger partial charge on any atom is -0.459 e. The van der Waals surface area contributed by atoms with Crippen molar-refractivity contribution in [3.8, 4) is 0 Å². The summed E-state index contributed by atoms with van der Waals surface area (Å²) >= 11 is 0. The van der Waals surface area contributed by atoms with E-state index in [1.165, 1.54) is 12.3 Å². The number of piperidine rings is 1. The zero-order valence-corrected chi connectivity index (χ0v) is 11.9. The Morgan fingerprint density at radius 2 is 2.10 bits per heavy atom. The van der Waals surface area contributed by atoms with Crippen LogP contribution in [0, 0.1) is 0 Å². The van der Waals surface area contributed by atoms with Crippen LogP contribution in [0.2, 0.25) is 0 Å². The van der Waals surface area contributed by atoms with Crippen LogP contribution in [0.5, 0.6) is 0 Å². The summed E-state index contributed by atoms with van der Waals surface area (Å²) in [7, 11) is 1.96. The number of furan rings is 1. The first kappa shape index (κ1) is 14.7. The highest BCUT2D eigenvalue weighted by Gasteiger charge is 2.29. The molecule has 1 fully saturated rings. The molecule has 0 spiro atoms. The SMILES string of the molecule is CNC1(C)CCN(CC(=O)NC(=O)c2ccco2)CC1. The van der Waals surface area contributed by atoms with Gasteiger partial charge < -0.3 is 9.73 Å². The fourth-order valence-corrected chi connectivity index (χ4v) is 2.29. The number of carbonyl (C=O) groups is 2. The molecule has 1 aromatic heterocycles. The van der Waals surface area contributed by atoms with E-state index in [1.807, 2.05) is 7.05 Å². The predicted molar refractivity (Wildman–Crippen MR) is 74.3 cm³/mol. The number of amides is 2. The molecule has 6 heteroatoms. The molecule has 0 radical (unpaired) electrons. The molecule has 0 atom stereocenters. The number of nitrogens with one attached hydrogen (secondary N) is 2. The van der Waals surface area contributed by atoms with E-state index < -0.39 is 5.91 Å². The van der Waals surface area contributed by atoms with Crippen molar-refractivity contribution in [3.63, 3.8) is 0 Å². The molecule has 20 heavy (non-hydrogen) atoms. The molecule has 2 rings (SSSR count). The molecule has 2 N–H and O–H groups in total. The van der Waals surface area contributed by atoms with Crippen molar-refractivity contribution in [2.24, 2.45) is 0 Å². The van der Waals surface area contributed by atoms with Gasteiger partial charge in [-0.15, -0.1) is 0 Å². The van der Waals surface area contributed by atoms with E-state index in [0.29, 0.717) is 0 Å². The molecule has 1 aromatic rings. The highest BCUT2D eigenvalue weighted by Crippen LogP contribution is 2.20. The lowest BCUT2D eigenvalue weighted by Crippen LogP contribution is -2.52. The average Bonchev–Trinajstić information content (AvgIpc) is 2.96. The van der Waals surface area contributed by atoms with E-state index in [9.17, 15) is 9.59 Å². The van der Waals surface area contributed by atoms with Crippen molar-refractivity contribution < 1.29 is 14.0 Å². The van der Waals surface area contributed by atoms with Crippen LogP contribution in [-0.4, -0.2) is 48.9 Å². The normalized spacial score (nSPS) is 18.7. The molecule has 2 amide bonds. The second-order valence-corrected chi connectivity index (χ2v) is 5.44. The topological polar surface area (TPSA) is 74.6 Å². The molecule has 110 valence electrons. The Bertz CT molecular complexity index is 462. The molecular formula is C14H21N3O3. The predicted octanol–water partition coefficient (Wildman–Crippen LogP) is 0.610. The maximum Gasteiger partial charge on any atom is 0.293 e. The summed E-state index contributed by atoms with van der Waals surface area (Å²) in [5.74, 6) is -0.628. The summed E-state index contributed by atoms with van der Waals surface area (Å²) in [5, 5.41) is 5.65. The van der Waals surface area contributed by atoms with Gasteiger partial charge in [0.05, 0.1) is 12.8 Å². The average molecular weight is 279 g/mol. The molecule has 1 saturated heterocycles. The van der Waals surface area contributed by atoms with Gasteiger partial charge in [0.1, 0.15) is 0 Å². The van der Waals surface area contributed by atoms with E-state index in [-0.39, 0.29) is 23.8 Å². The van der Waals surface area contributed by atoms with Crippen LogP contribution in [0.3, 0.4) is 0 Å². The van der Waals surface area contributed by atoms with Gasteiger partial charge in [-0.05, 0) is 38.9 Å². The Morgan fingerprint density at radius 1 is 1.40 bits per heavy atom. The molecule has 0 bridgehead atoms. The smallest absolute Gasteiger partial charge is 0.293 e. The summed E-state index contributed by atoms with van der Waals surface area (Å²) in [4.78, 5) is 25.5. The number of imide groups is 1. The van der Waals surface area contributed by atoms with Gasteiger partial charge in [-0.1, -0.05) is 0 Å². The first-order valence-corrected chi connectivity index (χ1v) is 6.81. The Labute approximate surface area is 118 Å². The quantitative estimate of drug-likeness (QED) is 0.844. The summed E-state index contributed by atoms with van der Waals surface area (Å²) in [6.45, 7) is 4.12. The first-order valence-electron chi connectivity index (χ1n) is 6.81. The lowest BCUT2D eigenvalue weighted by atomic mass is 9.90. The van der Waals surface area contributed by atoms with Gasteiger partial charge in [-0.3, -0.25) is 19.8 Å². The highest BCUT2D eigenvalue weighted by atomic mass is 16.3. The Morgan fingerprint density at radius 3 is 2.65 bits per heavy atom. The third-order valence-electron chi connectivity index (χ3n) is 3.93. The second kappa shape index (κ2) is 6.19. The van der Waals surface area contributed by atoms with E-state index in [0.717, 1.165) is 25.9 Å². The minimum atomic E-state index is -0.489. The third kappa shape index (κ3) is 3.68. The molecule has 0 saturated carbocycles. The van der Waals surface area contributed by atoms with Crippen LogP contribution < -0.4 is 10.6 Å². The number of rotatable bonds is 4. The van der Waals surface area contributed by atoms with E-state index in [1.54, 1.807) is 6.07 Å². The molecule has 0 unspecified atom stereocenters. The fraction of sp³-hybridized carbons (Fsp3) is 0.571. The lowest BCUT2D eigenvalue weighted by Gasteiger charge is -2.38. The molecule has 1 aliphatic heterocycles. The van der Waals surface area contributed by atoms with Crippen molar-refractivity contribution in [3.05, 3.63) is 24.2 Å². The van der Waals surface area contributed by atoms with Gasteiger partial charge in [0.2, 0.25) is 5.91 Å². The maximum atomic E-state index is 11.8. The number of nitrogens with zero attached hydrogens (tertiary/aromatic N) is 1. The van der Waals surface area contributed by atoms with Crippen LogP contribution in [0.1, 0.15) is 30.3 Å². The molecule has 0 aromatic carbocycles. The highest BCUT2D eigenvalue weighted by molar-refractivity contribution is 6.03. The van der Waals surface area contributed by atoms with Crippen molar-refractivity contribution >= 4 is 11.8 Å². The minimum absolute atomic E-state index is 0.150. The summed E-state index contributed by atoms with van der Waals surface area (Å²) in [6.07, 6.45) is 3.38. The van der Waals surface area contributed by atoms with Gasteiger partial charge in [-0.2, -0.15) is 0 Å². The van der Waals surface area contributed by atoms with Crippen LogP contribution in [0.25, 0.3) is 0 Å². The lowest BCUT2D eigenvalue weighted by molar-refractivity contribution is -0.121. The Hall–Kier alpha value is -1.66. The fourth-order valence-electron chi connectivity index (χ4n) is 2.29. The second-order valence-electron chi connectivity index (χ2n) is 5.44. The van der Waals surface area contributed by atoms with Crippen molar-refractivity contribution in [2.75, 3.05) is 26.7 Å². The van der Waals surface area contributed by atoms with Gasteiger partial charge in [-0.25, -0.2) is 0 Å². The van der Waals surface area contributed by atoms with Gasteiger partial charge in [0.15, 0.2) is 5.76 Å². The number of hydrogen-bond acceptors (Lipinski definition) is 5. The number of carbonyl (C=O) groups excluding carboxylic acids is 2. The van der Waals surface area contributed by atoms with E-state index in [2.05, 4.69) is 22.5 Å². The van der Waals surface area contributed by atoms with Gasteiger partial charge in [0.25, 0.3) is 5.91 Å². The van der Waals surface area contributed by atoms with Gasteiger partial charge >= 0.3 is 0 Å². The van der Waals surface area contributed by atoms with Crippen molar-refractivity contribution in [2.45, 2.75) is 25.3 Å². The zero-order valence-electron chi connectivity index (χ0n) is 11.9. The molecule has 1 aliphatic rings. The van der Waals surface area contributed by atoms with Crippen LogP contribution in [0.4, 0.5) is 0 Å².